The zero-order valence-electron chi connectivity index (χ0n) is 15.5. The number of carbonyl (C=O) groups excluding carboxylic acids is 2. The van der Waals surface area contributed by atoms with Crippen LogP contribution in [0.25, 0.3) is 11.1 Å². The number of likely N-dealkylation sites (tertiary alicyclic amines) is 1. The third-order valence-corrected chi connectivity index (χ3v) is 4.61. The summed E-state index contributed by atoms with van der Waals surface area (Å²) in [5.74, 6) is -0.776. The first kappa shape index (κ1) is 18.2. The predicted octanol–water partition coefficient (Wildman–Crippen LogP) is 2.59. The minimum absolute atomic E-state index is 0.0531. The number of piperidine rings is 1. The highest BCUT2D eigenvalue weighted by Gasteiger charge is 2.23. The second-order valence-corrected chi connectivity index (χ2v) is 7.78. The van der Waals surface area contributed by atoms with E-state index < -0.39 is 11.2 Å². The van der Waals surface area contributed by atoms with E-state index in [1.54, 1.807) is 23.1 Å². The molecule has 26 heavy (non-hydrogen) atoms. The van der Waals surface area contributed by atoms with Gasteiger partial charge in [-0.25, -0.2) is 4.79 Å². The average molecular weight is 359 g/mol. The van der Waals surface area contributed by atoms with Crippen LogP contribution < -0.4 is 11.1 Å². The van der Waals surface area contributed by atoms with Crippen LogP contribution in [0.5, 0.6) is 0 Å². The Balaban J connectivity index is 1.86. The van der Waals surface area contributed by atoms with E-state index in [1.165, 1.54) is 4.57 Å². The largest absolute Gasteiger partial charge is 0.420 e. The Hall–Kier alpha value is -2.57. The van der Waals surface area contributed by atoms with Gasteiger partial charge in [0.05, 0.1) is 5.52 Å². The van der Waals surface area contributed by atoms with Crippen molar-refractivity contribution in [2.24, 2.45) is 5.41 Å². The molecule has 0 unspecified atom stereocenters. The fourth-order valence-electron chi connectivity index (χ4n) is 2.99. The third-order valence-electron chi connectivity index (χ3n) is 4.61. The van der Waals surface area contributed by atoms with Crippen LogP contribution in [0.1, 0.15) is 40.0 Å². The van der Waals surface area contributed by atoms with Gasteiger partial charge in [-0.3, -0.25) is 14.2 Å². The lowest BCUT2D eigenvalue weighted by atomic mass is 9.95. The number of oxazole rings is 1. The number of benzene rings is 1. The van der Waals surface area contributed by atoms with E-state index in [2.05, 4.69) is 5.32 Å². The van der Waals surface area contributed by atoms with Crippen molar-refractivity contribution in [3.63, 3.8) is 0 Å². The highest BCUT2D eigenvalue weighted by molar-refractivity contribution is 5.96. The highest BCUT2D eigenvalue weighted by Crippen LogP contribution is 2.22. The lowest BCUT2D eigenvalue weighted by molar-refractivity contribution is -0.132. The fraction of sp³-hybridized carbons (Fsp3) is 0.526. The summed E-state index contributed by atoms with van der Waals surface area (Å²) in [5.41, 5.74) is 0.939. The van der Waals surface area contributed by atoms with Gasteiger partial charge in [-0.15, -0.1) is 0 Å². The summed E-state index contributed by atoms with van der Waals surface area (Å²) in [6.07, 6.45) is 3.13. The minimum atomic E-state index is -0.565. The number of fused-ring (bicyclic) bond motifs is 1. The third kappa shape index (κ3) is 3.81. The van der Waals surface area contributed by atoms with Crippen molar-refractivity contribution >= 4 is 28.6 Å². The predicted molar refractivity (Wildman–Crippen MR) is 99.0 cm³/mol. The van der Waals surface area contributed by atoms with Crippen LogP contribution in [-0.4, -0.2) is 34.4 Å². The fourth-order valence-corrected chi connectivity index (χ4v) is 2.99. The molecular formula is C19H25N3O4. The first-order valence-electron chi connectivity index (χ1n) is 8.98. The summed E-state index contributed by atoms with van der Waals surface area (Å²) in [4.78, 5) is 38.7. The quantitative estimate of drug-likeness (QED) is 0.913. The van der Waals surface area contributed by atoms with Crippen molar-refractivity contribution < 1.29 is 14.0 Å². The van der Waals surface area contributed by atoms with E-state index in [0.29, 0.717) is 16.8 Å². The van der Waals surface area contributed by atoms with Crippen LogP contribution in [0.2, 0.25) is 0 Å². The smallest absolute Gasteiger partial charge is 0.408 e. The molecule has 1 fully saturated rings. The summed E-state index contributed by atoms with van der Waals surface area (Å²) in [6, 6.07) is 5.00. The number of rotatable bonds is 3. The molecule has 140 valence electrons. The molecule has 1 aromatic heterocycles. The Labute approximate surface area is 152 Å². The molecule has 1 saturated heterocycles. The van der Waals surface area contributed by atoms with Gasteiger partial charge in [-0.2, -0.15) is 0 Å². The molecule has 2 heterocycles. The maximum Gasteiger partial charge on any atom is 0.420 e. The molecule has 0 spiro atoms. The van der Waals surface area contributed by atoms with Gasteiger partial charge in [0.2, 0.25) is 11.8 Å². The van der Waals surface area contributed by atoms with Gasteiger partial charge < -0.3 is 14.6 Å². The Morgan fingerprint density at radius 1 is 1.15 bits per heavy atom. The standard InChI is InChI=1S/C19H25N3O4/c1-19(2,3)17(24)20-13-7-8-15-14(11-13)22(18(25)26-15)12-16(23)21-9-5-4-6-10-21/h7-8,11H,4-6,9-10,12H2,1-3H3,(H,20,24). The van der Waals surface area contributed by atoms with Crippen molar-refractivity contribution in [3.05, 3.63) is 28.7 Å². The maximum absolute atomic E-state index is 12.5. The Kier molecular flexibility index (Phi) is 4.89. The van der Waals surface area contributed by atoms with Crippen LogP contribution >= 0.6 is 0 Å². The second kappa shape index (κ2) is 6.97. The normalized spacial score (nSPS) is 15.3. The van der Waals surface area contributed by atoms with Crippen molar-refractivity contribution in [1.82, 2.24) is 9.47 Å². The highest BCUT2D eigenvalue weighted by atomic mass is 16.4. The molecule has 0 aliphatic carbocycles. The molecule has 7 nitrogen and oxygen atoms in total. The molecule has 1 aromatic carbocycles. The maximum atomic E-state index is 12.5. The van der Waals surface area contributed by atoms with E-state index >= 15 is 0 Å². The van der Waals surface area contributed by atoms with E-state index in [0.717, 1.165) is 32.4 Å². The second-order valence-electron chi connectivity index (χ2n) is 7.78. The first-order chi connectivity index (χ1) is 12.3. The molecule has 1 aliphatic heterocycles. The number of carbonyl (C=O) groups is 2. The summed E-state index contributed by atoms with van der Waals surface area (Å²) in [5, 5.41) is 2.84. The minimum Gasteiger partial charge on any atom is -0.408 e. The number of nitrogens with zero attached hydrogens (tertiary/aromatic N) is 2. The number of nitrogens with one attached hydrogen (secondary N) is 1. The molecule has 1 aliphatic rings. The summed E-state index contributed by atoms with van der Waals surface area (Å²) in [6.45, 7) is 6.89. The van der Waals surface area contributed by atoms with Gasteiger partial charge in [0, 0.05) is 24.2 Å². The van der Waals surface area contributed by atoms with Crippen LogP contribution in [-0.2, 0) is 16.1 Å². The molecule has 2 amide bonds. The van der Waals surface area contributed by atoms with Gasteiger partial charge in [-0.1, -0.05) is 20.8 Å². The number of amides is 2. The Morgan fingerprint density at radius 3 is 2.50 bits per heavy atom. The molecule has 3 rings (SSSR count). The number of aromatic nitrogens is 1. The molecule has 2 aromatic rings. The summed E-state index contributed by atoms with van der Waals surface area (Å²) < 4.78 is 6.57. The Morgan fingerprint density at radius 2 is 1.85 bits per heavy atom. The van der Waals surface area contributed by atoms with Crippen LogP contribution in [0, 0.1) is 5.41 Å². The molecule has 0 atom stereocenters. The van der Waals surface area contributed by atoms with E-state index in [1.807, 2.05) is 20.8 Å². The van der Waals surface area contributed by atoms with E-state index in [4.69, 9.17) is 4.42 Å². The van der Waals surface area contributed by atoms with Gasteiger partial charge in [0.25, 0.3) is 0 Å². The molecule has 1 N–H and O–H groups in total. The van der Waals surface area contributed by atoms with Crippen molar-refractivity contribution in [3.8, 4) is 0 Å². The summed E-state index contributed by atoms with van der Waals surface area (Å²) in [7, 11) is 0. The van der Waals surface area contributed by atoms with E-state index in [-0.39, 0.29) is 18.4 Å². The number of hydrogen-bond donors (Lipinski definition) is 1. The monoisotopic (exact) mass is 359 g/mol. The molecule has 7 heteroatoms. The van der Waals surface area contributed by atoms with Gasteiger partial charge in [-0.05, 0) is 37.5 Å². The van der Waals surface area contributed by atoms with Crippen molar-refractivity contribution in [2.45, 2.75) is 46.6 Å². The van der Waals surface area contributed by atoms with Crippen LogP contribution in [0.15, 0.2) is 27.4 Å². The number of hydrogen-bond acceptors (Lipinski definition) is 4. The molecular weight excluding hydrogens is 334 g/mol. The van der Waals surface area contributed by atoms with Crippen molar-refractivity contribution in [1.29, 1.82) is 0 Å². The number of anilines is 1. The van der Waals surface area contributed by atoms with E-state index in [9.17, 15) is 14.4 Å². The zero-order chi connectivity index (χ0) is 18.9. The lowest BCUT2D eigenvalue weighted by Gasteiger charge is -2.26. The van der Waals surface area contributed by atoms with Gasteiger partial charge in [0.15, 0.2) is 5.58 Å². The topological polar surface area (TPSA) is 84.5 Å². The average Bonchev–Trinajstić information content (AvgIpc) is 2.90. The molecule has 0 bridgehead atoms. The van der Waals surface area contributed by atoms with Crippen molar-refractivity contribution in [2.75, 3.05) is 18.4 Å². The van der Waals surface area contributed by atoms with Gasteiger partial charge in [0.1, 0.15) is 6.54 Å². The zero-order valence-corrected chi connectivity index (χ0v) is 15.5. The van der Waals surface area contributed by atoms with Crippen LogP contribution in [0.3, 0.4) is 0 Å². The molecule has 0 saturated carbocycles. The van der Waals surface area contributed by atoms with Gasteiger partial charge >= 0.3 is 5.76 Å². The SMILES string of the molecule is CC(C)(C)C(=O)Nc1ccc2oc(=O)n(CC(=O)N3CCCCC3)c2c1. The molecule has 0 radical (unpaired) electrons. The first-order valence-corrected chi connectivity index (χ1v) is 8.98. The lowest BCUT2D eigenvalue weighted by Crippen LogP contribution is -2.39. The summed E-state index contributed by atoms with van der Waals surface area (Å²) >= 11 is 0. The Bertz CT molecular complexity index is 882. The van der Waals surface area contributed by atoms with Crippen LogP contribution in [0.4, 0.5) is 5.69 Å².